The fraction of sp³-hybridized carbons (Fsp3) is 0.143. The van der Waals surface area contributed by atoms with E-state index < -0.39 is 11.7 Å². The Balaban J connectivity index is 1.38. The summed E-state index contributed by atoms with van der Waals surface area (Å²) in [6.07, 6.45) is -2.07. The minimum Gasteiger partial charge on any atom is -0.334 e. The molecule has 0 aliphatic rings. The number of nitrogens with zero attached hydrogens (tertiary/aromatic N) is 3. The molecule has 5 aromatic rings. The maximum atomic E-state index is 13.3. The first-order valence-corrected chi connectivity index (χ1v) is 12.4. The van der Waals surface area contributed by atoms with Gasteiger partial charge in [-0.1, -0.05) is 30.3 Å². The van der Waals surface area contributed by atoms with Crippen LogP contribution in [0.5, 0.6) is 0 Å². The number of halogens is 4. The highest BCUT2D eigenvalue weighted by Gasteiger charge is 2.30. The van der Waals surface area contributed by atoms with Crippen LogP contribution in [0.2, 0.25) is 0 Å². The number of aromatic nitrogens is 2. The number of alkyl halides is 3. The molecule has 37 heavy (non-hydrogen) atoms. The molecule has 5 rings (SSSR count). The molecule has 0 radical (unpaired) electrons. The van der Waals surface area contributed by atoms with Crippen molar-refractivity contribution in [1.29, 1.82) is 0 Å². The fourth-order valence-corrected chi connectivity index (χ4v) is 4.97. The second-order valence-electron chi connectivity index (χ2n) is 8.55. The molecule has 188 valence electrons. The van der Waals surface area contributed by atoms with Crippen LogP contribution in [0.15, 0.2) is 90.4 Å². The standard InChI is InChI=1S/C28H21F4N3OS/c29-23-12-8-20(9-13-23)25-17-35-24(18-37-27(35)33-25)14-15-34(16-19-4-2-1-3-5-19)26(36)21-6-10-22(11-7-21)28(30,31)32/h1-13,17-18H,14-16H2. The molecule has 0 aliphatic heterocycles. The molecule has 0 fully saturated rings. The van der Waals surface area contributed by atoms with Gasteiger partial charge in [0.25, 0.3) is 5.91 Å². The quantitative estimate of drug-likeness (QED) is 0.213. The van der Waals surface area contributed by atoms with Crippen LogP contribution in [0.25, 0.3) is 16.2 Å². The Morgan fingerprint density at radius 1 is 0.946 bits per heavy atom. The van der Waals surface area contributed by atoms with Crippen LogP contribution >= 0.6 is 11.3 Å². The van der Waals surface area contributed by atoms with E-state index in [1.807, 2.05) is 46.3 Å². The van der Waals surface area contributed by atoms with Crippen LogP contribution in [0.1, 0.15) is 27.2 Å². The summed E-state index contributed by atoms with van der Waals surface area (Å²) in [4.78, 5) is 20.4. The number of amides is 1. The summed E-state index contributed by atoms with van der Waals surface area (Å²) in [6.45, 7) is 0.670. The topological polar surface area (TPSA) is 37.6 Å². The summed E-state index contributed by atoms with van der Waals surface area (Å²) < 4.78 is 54.2. The van der Waals surface area contributed by atoms with Crippen molar-refractivity contribution in [3.8, 4) is 11.3 Å². The summed E-state index contributed by atoms with van der Waals surface area (Å²) in [5, 5.41) is 1.97. The van der Waals surface area contributed by atoms with E-state index in [2.05, 4.69) is 4.98 Å². The predicted octanol–water partition coefficient (Wildman–Crippen LogP) is 7.11. The van der Waals surface area contributed by atoms with Crippen LogP contribution in [0, 0.1) is 5.82 Å². The molecule has 0 saturated carbocycles. The SMILES string of the molecule is O=C(c1ccc(C(F)(F)F)cc1)N(CCc1csc2nc(-c3ccc(F)cc3)cn12)Cc1ccccc1. The fourth-order valence-electron chi connectivity index (χ4n) is 4.06. The lowest BCUT2D eigenvalue weighted by molar-refractivity contribution is -0.137. The Bertz CT molecular complexity index is 1510. The maximum Gasteiger partial charge on any atom is 0.416 e. The highest BCUT2D eigenvalue weighted by atomic mass is 32.1. The lowest BCUT2D eigenvalue weighted by Gasteiger charge is -2.23. The molecule has 0 aliphatic carbocycles. The number of hydrogen-bond donors (Lipinski definition) is 0. The third kappa shape index (κ3) is 5.56. The van der Waals surface area contributed by atoms with Gasteiger partial charge in [0.05, 0.1) is 11.3 Å². The van der Waals surface area contributed by atoms with Gasteiger partial charge in [0.2, 0.25) is 0 Å². The second kappa shape index (κ2) is 10.2. The van der Waals surface area contributed by atoms with Gasteiger partial charge in [-0.05, 0) is 54.1 Å². The van der Waals surface area contributed by atoms with E-state index in [1.165, 1.54) is 35.6 Å². The van der Waals surface area contributed by atoms with E-state index in [0.29, 0.717) is 19.5 Å². The van der Waals surface area contributed by atoms with Gasteiger partial charge >= 0.3 is 6.18 Å². The van der Waals surface area contributed by atoms with Crippen LogP contribution in [-0.2, 0) is 19.1 Å². The zero-order valence-corrected chi connectivity index (χ0v) is 20.3. The summed E-state index contributed by atoms with van der Waals surface area (Å²) in [5.74, 6) is -0.664. The second-order valence-corrected chi connectivity index (χ2v) is 9.39. The number of benzene rings is 3. The molecule has 0 N–H and O–H groups in total. The number of rotatable bonds is 7. The molecule has 2 aromatic heterocycles. The molecule has 9 heteroatoms. The van der Waals surface area contributed by atoms with Crippen LogP contribution in [0.3, 0.4) is 0 Å². The third-order valence-corrected chi connectivity index (χ3v) is 6.91. The molecule has 0 saturated heterocycles. The van der Waals surface area contributed by atoms with E-state index in [-0.39, 0.29) is 17.3 Å². The van der Waals surface area contributed by atoms with Crippen molar-refractivity contribution in [3.63, 3.8) is 0 Å². The average Bonchev–Trinajstić information content (AvgIpc) is 3.48. The molecular weight excluding hydrogens is 502 g/mol. The Morgan fingerprint density at radius 3 is 2.32 bits per heavy atom. The Morgan fingerprint density at radius 2 is 1.65 bits per heavy atom. The zero-order chi connectivity index (χ0) is 26.0. The van der Waals surface area contributed by atoms with Crippen LogP contribution in [0.4, 0.5) is 17.6 Å². The van der Waals surface area contributed by atoms with E-state index in [0.717, 1.165) is 39.6 Å². The molecular formula is C28H21F4N3OS. The molecule has 3 aromatic carbocycles. The lowest BCUT2D eigenvalue weighted by atomic mass is 10.1. The van der Waals surface area contributed by atoms with Crippen molar-refractivity contribution in [1.82, 2.24) is 14.3 Å². The number of thiazole rings is 1. The van der Waals surface area contributed by atoms with Gasteiger partial charge in [-0.3, -0.25) is 9.20 Å². The highest BCUT2D eigenvalue weighted by Crippen LogP contribution is 2.29. The number of carbonyl (C=O) groups is 1. The van der Waals surface area contributed by atoms with Crippen LogP contribution < -0.4 is 0 Å². The largest absolute Gasteiger partial charge is 0.416 e. The summed E-state index contributed by atoms with van der Waals surface area (Å²) in [5.41, 5.74) is 2.78. The monoisotopic (exact) mass is 523 g/mol. The van der Waals surface area contributed by atoms with Gasteiger partial charge in [-0.2, -0.15) is 13.2 Å². The van der Waals surface area contributed by atoms with Gasteiger partial charge in [0, 0.05) is 47.9 Å². The first-order chi connectivity index (χ1) is 17.8. The van der Waals surface area contributed by atoms with Crippen molar-refractivity contribution in [3.05, 3.63) is 119 Å². The van der Waals surface area contributed by atoms with E-state index in [4.69, 9.17) is 0 Å². The first-order valence-electron chi connectivity index (χ1n) is 11.5. The van der Waals surface area contributed by atoms with Crippen molar-refractivity contribution >= 4 is 22.2 Å². The van der Waals surface area contributed by atoms with Gasteiger partial charge in [-0.25, -0.2) is 9.37 Å². The van der Waals surface area contributed by atoms with Crippen LogP contribution in [-0.4, -0.2) is 26.7 Å². The van der Waals surface area contributed by atoms with Crippen molar-refractivity contribution in [2.45, 2.75) is 19.1 Å². The highest BCUT2D eigenvalue weighted by molar-refractivity contribution is 7.15. The number of carbonyl (C=O) groups excluding carboxylic acids is 1. The predicted molar refractivity (Wildman–Crippen MR) is 135 cm³/mol. The maximum absolute atomic E-state index is 13.3. The zero-order valence-electron chi connectivity index (χ0n) is 19.5. The minimum absolute atomic E-state index is 0.195. The van der Waals surface area contributed by atoms with Crippen molar-refractivity contribution in [2.75, 3.05) is 6.54 Å². The number of imidazole rings is 1. The van der Waals surface area contributed by atoms with Crippen molar-refractivity contribution < 1.29 is 22.4 Å². The van der Waals surface area contributed by atoms with E-state index >= 15 is 0 Å². The minimum atomic E-state index is -4.47. The van der Waals surface area contributed by atoms with Crippen molar-refractivity contribution in [2.24, 2.45) is 0 Å². The summed E-state index contributed by atoms with van der Waals surface area (Å²) in [7, 11) is 0. The average molecular weight is 524 g/mol. The Labute approximate surface area is 214 Å². The molecule has 0 spiro atoms. The molecule has 0 atom stereocenters. The Hall–Kier alpha value is -3.98. The lowest BCUT2D eigenvalue weighted by Crippen LogP contribution is -2.32. The summed E-state index contributed by atoms with van der Waals surface area (Å²) >= 11 is 1.46. The molecule has 2 heterocycles. The normalized spacial score (nSPS) is 11.7. The molecule has 0 unspecified atom stereocenters. The Kier molecular flexibility index (Phi) is 6.80. The third-order valence-electron chi connectivity index (χ3n) is 6.02. The molecule has 1 amide bonds. The van der Waals surface area contributed by atoms with E-state index in [1.54, 1.807) is 17.0 Å². The van der Waals surface area contributed by atoms with Gasteiger partial charge in [-0.15, -0.1) is 11.3 Å². The van der Waals surface area contributed by atoms with Gasteiger partial charge < -0.3 is 4.90 Å². The molecule has 0 bridgehead atoms. The number of fused-ring (bicyclic) bond motifs is 1. The number of hydrogen-bond acceptors (Lipinski definition) is 3. The van der Waals surface area contributed by atoms with Gasteiger partial charge in [0.1, 0.15) is 5.82 Å². The van der Waals surface area contributed by atoms with E-state index in [9.17, 15) is 22.4 Å². The smallest absolute Gasteiger partial charge is 0.334 e. The van der Waals surface area contributed by atoms with Gasteiger partial charge in [0.15, 0.2) is 4.96 Å². The summed E-state index contributed by atoms with van der Waals surface area (Å²) in [6, 6.07) is 19.9. The molecule has 4 nitrogen and oxygen atoms in total. The first kappa shape index (κ1) is 24.7.